The molecule has 0 bridgehead atoms. The van der Waals surface area contributed by atoms with Crippen LogP contribution in [0.15, 0.2) is 30.6 Å². The van der Waals surface area contributed by atoms with Crippen molar-refractivity contribution in [1.29, 1.82) is 0 Å². The fraction of sp³-hybridized carbons (Fsp3) is 0.476. The average Bonchev–Trinajstić information content (AvgIpc) is 3.18. The van der Waals surface area contributed by atoms with Gasteiger partial charge in [0, 0.05) is 38.2 Å². The number of carbonyl (C=O) groups is 2. The van der Waals surface area contributed by atoms with Crippen LogP contribution in [0.5, 0.6) is 0 Å². The van der Waals surface area contributed by atoms with Gasteiger partial charge in [0.2, 0.25) is 11.8 Å². The van der Waals surface area contributed by atoms with E-state index in [4.69, 9.17) is 23.2 Å². The van der Waals surface area contributed by atoms with Crippen molar-refractivity contribution in [2.75, 3.05) is 18.4 Å². The van der Waals surface area contributed by atoms with Gasteiger partial charge in [0.25, 0.3) is 0 Å². The van der Waals surface area contributed by atoms with Gasteiger partial charge in [-0.15, -0.1) is 0 Å². The van der Waals surface area contributed by atoms with E-state index in [-0.39, 0.29) is 17.7 Å². The number of aryl methyl sites for hydroxylation is 2. The summed E-state index contributed by atoms with van der Waals surface area (Å²) in [5.74, 6) is 0.0840. The summed E-state index contributed by atoms with van der Waals surface area (Å²) in [4.78, 5) is 26.8. The van der Waals surface area contributed by atoms with Crippen LogP contribution in [0.25, 0.3) is 0 Å². The first kappa shape index (κ1) is 21.7. The lowest BCUT2D eigenvalue weighted by atomic mass is 9.95. The summed E-state index contributed by atoms with van der Waals surface area (Å²) < 4.78 is 1.77. The van der Waals surface area contributed by atoms with Crippen molar-refractivity contribution in [3.05, 3.63) is 46.2 Å². The summed E-state index contributed by atoms with van der Waals surface area (Å²) in [7, 11) is 0. The van der Waals surface area contributed by atoms with Crippen molar-refractivity contribution < 1.29 is 9.59 Å². The van der Waals surface area contributed by atoms with E-state index in [2.05, 4.69) is 10.4 Å². The lowest BCUT2D eigenvalue weighted by molar-refractivity contribution is -0.134. The summed E-state index contributed by atoms with van der Waals surface area (Å²) in [5.41, 5.74) is 1.80. The quantitative estimate of drug-likeness (QED) is 0.698. The van der Waals surface area contributed by atoms with Crippen LogP contribution in [-0.2, 0) is 22.6 Å². The number of carbonyl (C=O) groups excluding carboxylic acids is 2. The van der Waals surface area contributed by atoms with Crippen molar-refractivity contribution in [2.24, 2.45) is 5.92 Å². The smallest absolute Gasteiger partial charge is 0.227 e. The predicted octanol–water partition coefficient (Wildman–Crippen LogP) is 4.41. The molecule has 0 unspecified atom stereocenters. The van der Waals surface area contributed by atoms with Crippen LogP contribution in [0.4, 0.5) is 5.69 Å². The Bertz CT molecular complexity index is 860. The highest BCUT2D eigenvalue weighted by Crippen LogP contribution is 2.24. The molecule has 1 fully saturated rings. The van der Waals surface area contributed by atoms with Crippen LogP contribution in [0.2, 0.25) is 10.0 Å². The van der Waals surface area contributed by atoms with Crippen molar-refractivity contribution in [3.63, 3.8) is 0 Å². The molecule has 2 heterocycles. The largest absolute Gasteiger partial charge is 0.343 e. The Balaban J connectivity index is 1.39. The van der Waals surface area contributed by atoms with Gasteiger partial charge in [-0.25, -0.2) is 0 Å². The molecule has 1 aromatic heterocycles. The molecule has 2 amide bonds. The molecule has 1 saturated heterocycles. The number of nitrogens with one attached hydrogen (secondary N) is 1. The zero-order valence-electron chi connectivity index (χ0n) is 16.5. The van der Waals surface area contributed by atoms with Gasteiger partial charge in [0.05, 0.1) is 21.9 Å². The third-order valence-corrected chi connectivity index (χ3v) is 6.02. The van der Waals surface area contributed by atoms with Crippen molar-refractivity contribution in [2.45, 2.75) is 45.6 Å². The fourth-order valence-corrected chi connectivity index (χ4v) is 3.85. The van der Waals surface area contributed by atoms with Crippen LogP contribution in [0.1, 0.15) is 38.2 Å². The van der Waals surface area contributed by atoms with Crippen LogP contribution < -0.4 is 5.32 Å². The molecule has 0 saturated carbocycles. The molecule has 8 heteroatoms. The Labute approximate surface area is 181 Å². The number of piperidine rings is 1. The Morgan fingerprint density at radius 1 is 1.21 bits per heavy atom. The highest BCUT2D eigenvalue weighted by molar-refractivity contribution is 6.42. The number of hydrogen-bond acceptors (Lipinski definition) is 3. The summed E-state index contributed by atoms with van der Waals surface area (Å²) in [5, 5.41) is 8.17. The monoisotopic (exact) mass is 436 g/mol. The number of aromatic nitrogens is 2. The third kappa shape index (κ3) is 5.97. The van der Waals surface area contributed by atoms with E-state index in [1.807, 2.05) is 30.2 Å². The normalized spacial score (nSPS) is 14.8. The summed E-state index contributed by atoms with van der Waals surface area (Å²) in [6.45, 7) is 4.01. The topological polar surface area (TPSA) is 67.2 Å². The molecule has 0 radical (unpaired) electrons. The number of benzene rings is 1. The highest BCUT2D eigenvalue weighted by Gasteiger charge is 2.27. The number of anilines is 1. The van der Waals surface area contributed by atoms with Gasteiger partial charge in [-0.3, -0.25) is 14.3 Å². The minimum atomic E-state index is -0.0692. The second-order valence-corrected chi connectivity index (χ2v) is 8.15. The predicted molar refractivity (Wildman–Crippen MR) is 115 cm³/mol. The van der Waals surface area contributed by atoms with Crippen molar-refractivity contribution in [3.8, 4) is 0 Å². The maximum absolute atomic E-state index is 12.5. The zero-order chi connectivity index (χ0) is 20.8. The maximum Gasteiger partial charge on any atom is 0.227 e. The van der Waals surface area contributed by atoms with Gasteiger partial charge in [-0.1, -0.05) is 29.3 Å². The number of halogens is 2. The number of rotatable bonds is 7. The second-order valence-electron chi connectivity index (χ2n) is 7.33. The Kier molecular flexibility index (Phi) is 7.56. The van der Waals surface area contributed by atoms with E-state index in [0.717, 1.165) is 30.6 Å². The van der Waals surface area contributed by atoms with E-state index in [1.54, 1.807) is 16.9 Å². The lowest BCUT2D eigenvalue weighted by Gasteiger charge is -2.31. The van der Waals surface area contributed by atoms with Gasteiger partial charge in [0.1, 0.15) is 0 Å². The molecule has 0 spiro atoms. The molecule has 1 aliphatic heterocycles. The molecular formula is C21H26Cl2N4O2. The number of nitrogens with zero attached hydrogens (tertiary/aromatic N) is 3. The Morgan fingerprint density at radius 2 is 1.97 bits per heavy atom. The first-order valence-electron chi connectivity index (χ1n) is 10.0. The van der Waals surface area contributed by atoms with Crippen LogP contribution in [0.3, 0.4) is 0 Å². The molecule has 1 aliphatic rings. The molecule has 1 aromatic carbocycles. The Morgan fingerprint density at radius 3 is 2.62 bits per heavy atom. The maximum atomic E-state index is 12.5. The van der Waals surface area contributed by atoms with Crippen molar-refractivity contribution in [1.82, 2.24) is 14.7 Å². The number of hydrogen-bond donors (Lipinski definition) is 1. The van der Waals surface area contributed by atoms with Gasteiger partial charge >= 0.3 is 0 Å². The standard InChI is InChI=1S/C21H26Cl2N4O2/c1-2-27-14-17(13-24-27)25-21(29)16-8-10-26(11-9-16)20(28)5-3-4-15-6-7-18(22)19(23)12-15/h6-7,12-14,16H,2-5,8-11H2,1H3,(H,25,29). The third-order valence-electron chi connectivity index (χ3n) is 5.28. The summed E-state index contributed by atoms with van der Waals surface area (Å²) in [6, 6.07) is 5.57. The first-order valence-corrected chi connectivity index (χ1v) is 10.8. The van der Waals surface area contributed by atoms with Gasteiger partial charge < -0.3 is 10.2 Å². The average molecular weight is 437 g/mol. The Hall–Kier alpha value is -2.05. The van der Waals surface area contributed by atoms with E-state index < -0.39 is 0 Å². The van der Waals surface area contributed by atoms with E-state index >= 15 is 0 Å². The molecule has 0 aliphatic carbocycles. The summed E-state index contributed by atoms with van der Waals surface area (Å²) >= 11 is 12.0. The molecule has 3 rings (SSSR count). The zero-order valence-corrected chi connectivity index (χ0v) is 18.0. The van der Waals surface area contributed by atoms with Crippen molar-refractivity contribution >= 4 is 40.7 Å². The van der Waals surface area contributed by atoms with Gasteiger partial charge in [-0.05, 0) is 50.3 Å². The van der Waals surface area contributed by atoms with E-state index in [1.165, 1.54) is 0 Å². The van der Waals surface area contributed by atoms with Crippen LogP contribution in [0, 0.1) is 5.92 Å². The van der Waals surface area contributed by atoms with Gasteiger partial charge in [-0.2, -0.15) is 5.10 Å². The highest BCUT2D eigenvalue weighted by atomic mass is 35.5. The van der Waals surface area contributed by atoms with Gasteiger partial charge in [0.15, 0.2) is 0 Å². The van der Waals surface area contributed by atoms with Crippen LogP contribution in [-0.4, -0.2) is 39.6 Å². The first-order chi connectivity index (χ1) is 14.0. The van der Waals surface area contributed by atoms with Crippen LogP contribution >= 0.6 is 23.2 Å². The SMILES string of the molecule is CCn1cc(NC(=O)C2CCN(C(=O)CCCc3ccc(Cl)c(Cl)c3)CC2)cn1. The second kappa shape index (κ2) is 10.1. The minimum Gasteiger partial charge on any atom is -0.343 e. The molecule has 6 nitrogen and oxygen atoms in total. The molecular weight excluding hydrogens is 411 g/mol. The molecule has 29 heavy (non-hydrogen) atoms. The molecule has 1 N–H and O–H groups in total. The molecule has 0 atom stereocenters. The van der Waals surface area contributed by atoms with E-state index in [9.17, 15) is 9.59 Å². The molecule has 2 aromatic rings. The number of likely N-dealkylation sites (tertiary alicyclic amines) is 1. The number of amides is 2. The molecule has 156 valence electrons. The summed E-state index contributed by atoms with van der Waals surface area (Å²) in [6.07, 6.45) is 6.90. The lowest BCUT2D eigenvalue weighted by Crippen LogP contribution is -2.41. The fourth-order valence-electron chi connectivity index (χ4n) is 3.53. The van der Waals surface area contributed by atoms with E-state index in [0.29, 0.717) is 42.4 Å². The minimum absolute atomic E-state index is 0.00682.